The van der Waals surface area contributed by atoms with Gasteiger partial charge in [0.25, 0.3) is 10.0 Å². The van der Waals surface area contributed by atoms with Gasteiger partial charge < -0.3 is 10.1 Å². The molecule has 0 bridgehead atoms. The highest BCUT2D eigenvalue weighted by molar-refractivity contribution is 7.98. The SMILES string of the molecule is CCOc1ccccc1N(CC(=O)NCCSCc1ccccc1C)S(=O)(=O)c1ccc(C)cc1. The van der Waals surface area contributed by atoms with Gasteiger partial charge in [0, 0.05) is 18.1 Å². The molecule has 35 heavy (non-hydrogen) atoms. The van der Waals surface area contributed by atoms with E-state index < -0.39 is 10.0 Å². The molecule has 0 aliphatic carbocycles. The highest BCUT2D eigenvalue weighted by Crippen LogP contribution is 2.32. The third-order valence-electron chi connectivity index (χ3n) is 5.42. The van der Waals surface area contributed by atoms with Crippen LogP contribution in [-0.4, -0.2) is 39.8 Å². The standard InChI is InChI=1S/C27H32N2O4S2/c1-4-33-26-12-8-7-11-25(26)29(35(31,32)24-15-13-21(2)14-16-24)19-27(30)28-17-18-34-20-23-10-6-5-9-22(23)3/h5-16H,4,17-20H2,1-3H3,(H,28,30). The number of aryl methyl sites for hydroxylation is 2. The predicted molar refractivity (Wildman–Crippen MR) is 144 cm³/mol. The minimum atomic E-state index is -4.00. The molecule has 1 amide bonds. The average Bonchev–Trinajstić information content (AvgIpc) is 2.84. The zero-order chi connectivity index (χ0) is 25.3. The molecule has 3 aromatic carbocycles. The molecule has 6 nitrogen and oxygen atoms in total. The summed E-state index contributed by atoms with van der Waals surface area (Å²) in [5, 5.41) is 2.86. The first kappa shape index (κ1) is 26.6. The van der Waals surface area contributed by atoms with Crippen LogP contribution in [0.1, 0.15) is 23.6 Å². The van der Waals surface area contributed by atoms with Gasteiger partial charge in [-0.1, -0.05) is 54.1 Å². The monoisotopic (exact) mass is 512 g/mol. The molecule has 0 aliphatic rings. The maximum Gasteiger partial charge on any atom is 0.264 e. The van der Waals surface area contributed by atoms with Gasteiger partial charge in [-0.3, -0.25) is 9.10 Å². The Bertz CT molecular complexity index is 1230. The number of benzene rings is 3. The molecule has 0 unspecified atom stereocenters. The molecule has 0 heterocycles. The van der Waals surface area contributed by atoms with Gasteiger partial charge in [-0.05, 0) is 56.2 Å². The van der Waals surface area contributed by atoms with Crippen molar-refractivity contribution in [3.05, 3.63) is 89.5 Å². The van der Waals surface area contributed by atoms with Crippen LogP contribution >= 0.6 is 11.8 Å². The number of para-hydroxylation sites is 2. The molecule has 0 atom stereocenters. The van der Waals surface area contributed by atoms with Crippen LogP contribution in [0, 0.1) is 13.8 Å². The minimum Gasteiger partial charge on any atom is -0.492 e. The van der Waals surface area contributed by atoms with Crippen molar-refractivity contribution in [3.8, 4) is 5.75 Å². The van der Waals surface area contributed by atoms with Crippen molar-refractivity contribution < 1.29 is 17.9 Å². The van der Waals surface area contributed by atoms with Gasteiger partial charge in [0.05, 0.1) is 17.2 Å². The number of amides is 1. The normalized spacial score (nSPS) is 11.2. The van der Waals surface area contributed by atoms with Gasteiger partial charge in [-0.15, -0.1) is 0 Å². The third-order valence-corrected chi connectivity index (χ3v) is 8.20. The first-order valence-electron chi connectivity index (χ1n) is 11.5. The second-order valence-corrected chi connectivity index (χ2v) is 11.0. The molecule has 0 aliphatic heterocycles. The number of hydrogen-bond acceptors (Lipinski definition) is 5. The van der Waals surface area contributed by atoms with Gasteiger partial charge in [0.15, 0.2) is 0 Å². The molecular weight excluding hydrogens is 480 g/mol. The molecule has 0 fully saturated rings. The van der Waals surface area contributed by atoms with E-state index in [9.17, 15) is 13.2 Å². The second kappa shape index (κ2) is 12.7. The molecule has 0 spiro atoms. The summed E-state index contributed by atoms with van der Waals surface area (Å²) in [6, 6.07) is 21.7. The lowest BCUT2D eigenvalue weighted by molar-refractivity contribution is -0.119. The third kappa shape index (κ3) is 7.26. The van der Waals surface area contributed by atoms with Crippen LogP contribution in [0.2, 0.25) is 0 Å². The maximum absolute atomic E-state index is 13.6. The molecule has 0 radical (unpaired) electrons. The van der Waals surface area contributed by atoms with Gasteiger partial charge >= 0.3 is 0 Å². The van der Waals surface area contributed by atoms with Gasteiger partial charge in [0.1, 0.15) is 12.3 Å². The Kier molecular flexibility index (Phi) is 9.63. The Hall–Kier alpha value is -2.97. The zero-order valence-electron chi connectivity index (χ0n) is 20.4. The van der Waals surface area contributed by atoms with Crippen LogP contribution < -0.4 is 14.4 Å². The Morgan fingerprint density at radius 2 is 1.66 bits per heavy atom. The van der Waals surface area contributed by atoms with Crippen molar-refractivity contribution in [2.24, 2.45) is 0 Å². The van der Waals surface area contributed by atoms with E-state index in [1.54, 1.807) is 60.3 Å². The van der Waals surface area contributed by atoms with Crippen molar-refractivity contribution in [2.75, 3.05) is 29.8 Å². The van der Waals surface area contributed by atoms with E-state index in [1.807, 2.05) is 26.0 Å². The zero-order valence-corrected chi connectivity index (χ0v) is 22.0. The van der Waals surface area contributed by atoms with E-state index in [1.165, 1.54) is 11.1 Å². The fourth-order valence-electron chi connectivity index (χ4n) is 3.48. The van der Waals surface area contributed by atoms with Crippen LogP contribution in [0.25, 0.3) is 0 Å². The highest BCUT2D eigenvalue weighted by Gasteiger charge is 2.29. The molecule has 186 valence electrons. The molecule has 0 saturated carbocycles. The lowest BCUT2D eigenvalue weighted by Crippen LogP contribution is -2.41. The second-order valence-electron chi connectivity index (χ2n) is 8.05. The Morgan fingerprint density at radius 1 is 0.971 bits per heavy atom. The van der Waals surface area contributed by atoms with E-state index in [0.717, 1.165) is 21.4 Å². The Balaban J connectivity index is 1.71. The summed E-state index contributed by atoms with van der Waals surface area (Å²) in [6.07, 6.45) is 0. The number of carbonyl (C=O) groups excluding carboxylic acids is 1. The van der Waals surface area contributed by atoms with E-state index in [4.69, 9.17) is 4.74 Å². The summed E-state index contributed by atoms with van der Waals surface area (Å²) in [4.78, 5) is 13.0. The number of thioether (sulfide) groups is 1. The fraction of sp³-hybridized carbons (Fsp3) is 0.296. The molecule has 0 aromatic heterocycles. The predicted octanol–water partition coefficient (Wildman–Crippen LogP) is 4.95. The lowest BCUT2D eigenvalue weighted by Gasteiger charge is -2.26. The van der Waals surface area contributed by atoms with Gasteiger partial charge in [-0.2, -0.15) is 11.8 Å². The first-order chi connectivity index (χ1) is 16.8. The van der Waals surface area contributed by atoms with Crippen LogP contribution in [0.5, 0.6) is 5.75 Å². The lowest BCUT2D eigenvalue weighted by atomic mass is 10.1. The summed E-state index contributed by atoms with van der Waals surface area (Å²) in [5.41, 5.74) is 3.80. The van der Waals surface area contributed by atoms with Crippen LogP contribution in [-0.2, 0) is 20.6 Å². The molecule has 0 saturated heterocycles. The largest absolute Gasteiger partial charge is 0.492 e. The van der Waals surface area contributed by atoms with Crippen LogP contribution in [0.15, 0.2) is 77.7 Å². The summed E-state index contributed by atoms with van der Waals surface area (Å²) < 4.78 is 34.0. The number of anilines is 1. The topological polar surface area (TPSA) is 75.7 Å². The van der Waals surface area contributed by atoms with Crippen molar-refractivity contribution in [1.82, 2.24) is 5.32 Å². The average molecular weight is 513 g/mol. The van der Waals surface area contributed by atoms with E-state index in [2.05, 4.69) is 24.4 Å². The fourth-order valence-corrected chi connectivity index (χ4v) is 5.85. The van der Waals surface area contributed by atoms with Crippen molar-refractivity contribution in [1.29, 1.82) is 0 Å². The maximum atomic E-state index is 13.6. The summed E-state index contributed by atoms with van der Waals surface area (Å²) in [5.74, 6) is 1.62. The number of nitrogens with one attached hydrogen (secondary N) is 1. The minimum absolute atomic E-state index is 0.121. The number of sulfonamides is 1. The highest BCUT2D eigenvalue weighted by atomic mass is 32.2. The molecule has 3 aromatic rings. The Morgan fingerprint density at radius 3 is 2.37 bits per heavy atom. The van der Waals surface area contributed by atoms with Gasteiger partial charge in [-0.25, -0.2) is 8.42 Å². The van der Waals surface area contributed by atoms with Crippen molar-refractivity contribution in [2.45, 2.75) is 31.4 Å². The first-order valence-corrected chi connectivity index (χ1v) is 14.1. The molecule has 8 heteroatoms. The van der Waals surface area contributed by atoms with Gasteiger partial charge in [0.2, 0.25) is 5.91 Å². The van der Waals surface area contributed by atoms with Crippen LogP contribution in [0.3, 0.4) is 0 Å². The summed E-state index contributed by atoms with van der Waals surface area (Å²) >= 11 is 1.72. The number of hydrogen-bond donors (Lipinski definition) is 1. The quantitative estimate of drug-likeness (QED) is 0.348. The number of nitrogens with zero attached hydrogens (tertiary/aromatic N) is 1. The van der Waals surface area contributed by atoms with E-state index in [0.29, 0.717) is 24.6 Å². The Labute approximate surface area is 212 Å². The van der Waals surface area contributed by atoms with Crippen molar-refractivity contribution in [3.63, 3.8) is 0 Å². The molecule has 1 N–H and O–H groups in total. The smallest absolute Gasteiger partial charge is 0.264 e. The summed E-state index contributed by atoms with van der Waals surface area (Å²) in [7, 11) is -4.00. The van der Waals surface area contributed by atoms with E-state index in [-0.39, 0.29) is 17.3 Å². The molecule has 3 rings (SSSR count). The number of ether oxygens (including phenoxy) is 1. The molecular formula is C27H32N2O4S2. The summed E-state index contributed by atoms with van der Waals surface area (Å²) in [6.45, 7) is 6.28. The number of carbonyl (C=O) groups is 1. The number of rotatable bonds is 12. The van der Waals surface area contributed by atoms with Crippen LogP contribution in [0.4, 0.5) is 5.69 Å². The van der Waals surface area contributed by atoms with E-state index >= 15 is 0 Å². The van der Waals surface area contributed by atoms with Crippen molar-refractivity contribution >= 4 is 33.4 Å².